The first kappa shape index (κ1) is 7.86. The second-order valence-electron chi connectivity index (χ2n) is 2.96. The molecule has 0 aliphatic rings. The van der Waals surface area contributed by atoms with E-state index in [1.165, 1.54) is 0 Å². The van der Waals surface area contributed by atoms with Crippen molar-refractivity contribution in [3.8, 4) is 16.9 Å². The van der Waals surface area contributed by atoms with E-state index in [2.05, 4.69) is 10.2 Å². The van der Waals surface area contributed by atoms with E-state index in [9.17, 15) is 5.11 Å². The van der Waals surface area contributed by atoms with E-state index in [-0.39, 0.29) is 0 Å². The third-order valence-electron chi connectivity index (χ3n) is 2.04. The molecule has 0 bridgehead atoms. The Morgan fingerprint density at radius 3 is 2.85 bits per heavy atom. The fraction of sp³-hybridized carbons (Fsp3) is 0.100. The minimum Gasteiger partial charge on any atom is -0.507 e. The number of rotatable bonds is 1. The molecule has 3 heteroatoms. The van der Waals surface area contributed by atoms with E-state index in [0.29, 0.717) is 5.75 Å². The molecule has 1 heterocycles. The Bertz CT molecular complexity index is 387. The lowest BCUT2D eigenvalue weighted by Crippen LogP contribution is -1.81. The molecule has 1 aromatic carbocycles. The van der Waals surface area contributed by atoms with Crippen molar-refractivity contribution in [3.05, 3.63) is 36.2 Å². The quantitative estimate of drug-likeness (QED) is 0.695. The molecule has 2 N–H and O–H groups in total. The van der Waals surface area contributed by atoms with Gasteiger partial charge in [-0.2, -0.15) is 5.10 Å². The summed E-state index contributed by atoms with van der Waals surface area (Å²) < 4.78 is 0. The summed E-state index contributed by atoms with van der Waals surface area (Å²) in [5.74, 6) is 0.293. The number of H-pyrrole nitrogens is 1. The maximum Gasteiger partial charge on any atom is 0.123 e. The van der Waals surface area contributed by atoms with E-state index in [0.717, 1.165) is 16.7 Å². The van der Waals surface area contributed by atoms with Crippen LogP contribution in [0.4, 0.5) is 0 Å². The molecular weight excluding hydrogens is 164 g/mol. The van der Waals surface area contributed by atoms with Crippen LogP contribution in [-0.4, -0.2) is 15.3 Å². The van der Waals surface area contributed by atoms with Crippen LogP contribution in [0.1, 0.15) is 5.56 Å². The van der Waals surface area contributed by atoms with Gasteiger partial charge in [-0.05, 0) is 18.6 Å². The Kier molecular flexibility index (Phi) is 1.77. The molecule has 0 aliphatic carbocycles. The molecule has 66 valence electrons. The zero-order valence-corrected chi connectivity index (χ0v) is 7.28. The molecule has 1 aromatic heterocycles. The molecule has 0 saturated heterocycles. The number of aromatic amines is 1. The lowest BCUT2D eigenvalue weighted by atomic mass is 10.0. The number of hydrogen-bond donors (Lipinski definition) is 2. The molecule has 0 aliphatic heterocycles. The van der Waals surface area contributed by atoms with Crippen molar-refractivity contribution in [1.29, 1.82) is 0 Å². The molecule has 0 unspecified atom stereocenters. The standard InChI is InChI=1S/C10H10N2O/c1-7-3-2-4-9(13)10(7)8-5-11-12-6-8/h2-6,13H,1H3,(H,11,12). The average Bonchev–Trinajstić information content (AvgIpc) is 2.57. The highest BCUT2D eigenvalue weighted by Gasteiger charge is 2.07. The number of aromatic hydroxyl groups is 1. The highest BCUT2D eigenvalue weighted by atomic mass is 16.3. The number of aryl methyl sites for hydroxylation is 1. The lowest BCUT2D eigenvalue weighted by molar-refractivity contribution is 0.477. The Morgan fingerprint density at radius 2 is 2.23 bits per heavy atom. The predicted octanol–water partition coefficient (Wildman–Crippen LogP) is 2.09. The second-order valence-corrected chi connectivity index (χ2v) is 2.96. The molecule has 0 saturated carbocycles. The Labute approximate surface area is 76.0 Å². The average molecular weight is 174 g/mol. The van der Waals surface area contributed by atoms with Crippen molar-refractivity contribution >= 4 is 0 Å². The third kappa shape index (κ3) is 1.28. The van der Waals surface area contributed by atoms with Gasteiger partial charge in [0.05, 0.1) is 6.20 Å². The zero-order chi connectivity index (χ0) is 9.26. The number of nitrogens with one attached hydrogen (secondary N) is 1. The number of hydrogen-bond acceptors (Lipinski definition) is 2. The van der Waals surface area contributed by atoms with Crippen LogP contribution in [0.5, 0.6) is 5.75 Å². The van der Waals surface area contributed by atoms with Crippen LogP contribution in [0.3, 0.4) is 0 Å². The Hall–Kier alpha value is -1.77. The molecule has 13 heavy (non-hydrogen) atoms. The molecule has 0 spiro atoms. The number of phenolic OH excluding ortho intramolecular Hbond substituents is 1. The number of aromatic nitrogens is 2. The van der Waals surface area contributed by atoms with Crippen LogP contribution in [0.2, 0.25) is 0 Å². The summed E-state index contributed by atoms with van der Waals surface area (Å²) in [4.78, 5) is 0. The van der Waals surface area contributed by atoms with Gasteiger partial charge in [0.15, 0.2) is 0 Å². The van der Waals surface area contributed by atoms with Crippen molar-refractivity contribution in [2.75, 3.05) is 0 Å². The second kappa shape index (κ2) is 2.94. The monoisotopic (exact) mass is 174 g/mol. The molecule has 2 rings (SSSR count). The van der Waals surface area contributed by atoms with E-state index in [1.54, 1.807) is 18.5 Å². The molecule has 0 fully saturated rings. The number of nitrogens with zero attached hydrogens (tertiary/aromatic N) is 1. The largest absolute Gasteiger partial charge is 0.507 e. The summed E-state index contributed by atoms with van der Waals surface area (Å²) >= 11 is 0. The van der Waals surface area contributed by atoms with Crippen LogP contribution in [-0.2, 0) is 0 Å². The molecule has 0 radical (unpaired) electrons. The van der Waals surface area contributed by atoms with E-state index in [4.69, 9.17) is 0 Å². The third-order valence-corrected chi connectivity index (χ3v) is 2.04. The molecule has 2 aromatic rings. The molecule has 0 amide bonds. The minimum absolute atomic E-state index is 0.293. The van der Waals surface area contributed by atoms with E-state index in [1.807, 2.05) is 19.1 Å². The van der Waals surface area contributed by atoms with Gasteiger partial charge in [0.1, 0.15) is 5.75 Å². The van der Waals surface area contributed by atoms with Gasteiger partial charge in [-0.3, -0.25) is 5.10 Å². The van der Waals surface area contributed by atoms with Crippen LogP contribution >= 0.6 is 0 Å². The summed E-state index contributed by atoms with van der Waals surface area (Å²) in [6.45, 7) is 1.96. The van der Waals surface area contributed by atoms with Gasteiger partial charge >= 0.3 is 0 Å². The topological polar surface area (TPSA) is 48.9 Å². The molecule has 0 atom stereocenters. The highest BCUT2D eigenvalue weighted by Crippen LogP contribution is 2.30. The van der Waals surface area contributed by atoms with Crippen molar-refractivity contribution < 1.29 is 5.11 Å². The minimum atomic E-state index is 0.293. The van der Waals surface area contributed by atoms with Crippen molar-refractivity contribution in [2.24, 2.45) is 0 Å². The normalized spacial score (nSPS) is 10.2. The van der Waals surface area contributed by atoms with Gasteiger partial charge in [0.2, 0.25) is 0 Å². The van der Waals surface area contributed by atoms with E-state index >= 15 is 0 Å². The summed E-state index contributed by atoms with van der Waals surface area (Å²) in [6, 6.07) is 5.46. The first-order valence-electron chi connectivity index (χ1n) is 4.07. The lowest BCUT2D eigenvalue weighted by Gasteiger charge is -2.04. The van der Waals surface area contributed by atoms with Gasteiger partial charge in [-0.25, -0.2) is 0 Å². The fourth-order valence-corrected chi connectivity index (χ4v) is 1.42. The predicted molar refractivity (Wildman–Crippen MR) is 50.4 cm³/mol. The summed E-state index contributed by atoms with van der Waals surface area (Å²) in [7, 11) is 0. The fourth-order valence-electron chi connectivity index (χ4n) is 1.42. The van der Waals surface area contributed by atoms with Crippen LogP contribution < -0.4 is 0 Å². The Morgan fingerprint density at radius 1 is 1.38 bits per heavy atom. The van der Waals surface area contributed by atoms with Crippen molar-refractivity contribution in [2.45, 2.75) is 6.92 Å². The smallest absolute Gasteiger partial charge is 0.123 e. The maximum atomic E-state index is 9.62. The van der Waals surface area contributed by atoms with Crippen molar-refractivity contribution in [1.82, 2.24) is 10.2 Å². The first-order chi connectivity index (χ1) is 6.29. The van der Waals surface area contributed by atoms with Gasteiger partial charge in [-0.1, -0.05) is 12.1 Å². The number of benzene rings is 1. The van der Waals surface area contributed by atoms with Crippen LogP contribution in [0.15, 0.2) is 30.6 Å². The number of phenols is 1. The molecule has 3 nitrogen and oxygen atoms in total. The SMILES string of the molecule is Cc1cccc(O)c1-c1cn[nH]c1. The summed E-state index contributed by atoms with van der Waals surface area (Å²) in [5, 5.41) is 16.2. The Balaban J connectivity index is 2.64. The van der Waals surface area contributed by atoms with Gasteiger partial charge in [0.25, 0.3) is 0 Å². The van der Waals surface area contributed by atoms with Gasteiger partial charge in [0, 0.05) is 17.3 Å². The van der Waals surface area contributed by atoms with E-state index < -0.39 is 0 Å². The maximum absolute atomic E-state index is 9.62. The highest BCUT2D eigenvalue weighted by molar-refractivity contribution is 5.72. The van der Waals surface area contributed by atoms with Gasteiger partial charge in [-0.15, -0.1) is 0 Å². The summed E-state index contributed by atoms with van der Waals surface area (Å²) in [5.41, 5.74) is 2.80. The van der Waals surface area contributed by atoms with Gasteiger partial charge < -0.3 is 5.11 Å². The molecular formula is C10H10N2O. The van der Waals surface area contributed by atoms with Crippen molar-refractivity contribution in [3.63, 3.8) is 0 Å². The van der Waals surface area contributed by atoms with Crippen LogP contribution in [0, 0.1) is 6.92 Å². The zero-order valence-electron chi connectivity index (χ0n) is 7.28. The summed E-state index contributed by atoms with van der Waals surface area (Å²) in [6.07, 6.45) is 3.46. The van der Waals surface area contributed by atoms with Crippen LogP contribution in [0.25, 0.3) is 11.1 Å². The first-order valence-corrected chi connectivity index (χ1v) is 4.07.